The zero-order valence-electron chi connectivity index (χ0n) is 18.6. The van der Waals surface area contributed by atoms with Gasteiger partial charge in [-0.2, -0.15) is 0 Å². The van der Waals surface area contributed by atoms with Crippen LogP contribution in [0.3, 0.4) is 0 Å². The van der Waals surface area contributed by atoms with Crippen LogP contribution < -0.4 is 20.1 Å². The molecule has 11 heteroatoms. The third-order valence-electron chi connectivity index (χ3n) is 4.95. The van der Waals surface area contributed by atoms with Gasteiger partial charge in [-0.3, -0.25) is 9.59 Å². The average molecular weight is 468 g/mol. The zero-order chi connectivity index (χ0) is 24.7. The molecular weight excluding hydrogens is 444 g/mol. The first kappa shape index (κ1) is 24.2. The monoisotopic (exact) mass is 468 g/mol. The smallest absolute Gasteiger partial charge is 0.326 e. The first-order valence-electron chi connectivity index (χ1n) is 10.3. The van der Waals surface area contributed by atoms with Gasteiger partial charge in [-0.05, 0) is 48.4 Å². The molecule has 0 saturated carbocycles. The number of nitrogens with one attached hydrogen (secondary N) is 2. The van der Waals surface area contributed by atoms with Crippen LogP contribution in [0.4, 0.5) is 5.69 Å². The van der Waals surface area contributed by atoms with E-state index < -0.39 is 23.9 Å². The van der Waals surface area contributed by atoms with Crippen LogP contribution in [0.5, 0.6) is 11.8 Å². The van der Waals surface area contributed by atoms with Crippen molar-refractivity contribution in [3.05, 3.63) is 53.6 Å². The lowest BCUT2D eigenvalue weighted by Gasteiger charge is -2.14. The number of aromatic nitrogens is 2. The Morgan fingerprint density at radius 3 is 2.18 bits per heavy atom. The molecule has 0 aliphatic carbocycles. The lowest BCUT2D eigenvalue weighted by molar-refractivity contribution is -0.140. The van der Waals surface area contributed by atoms with Crippen molar-refractivity contribution in [1.29, 1.82) is 0 Å². The SMILES string of the molecule is COc1nc2ccc(CNc3ccc(C(=O)N[C@@H](CCC(=O)O)C(=O)O)cc3)cc2nc1OC. The summed E-state index contributed by atoms with van der Waals surface area (Å²) in [6, 6.07) is 10.8. The molecule has 3 aromatic rings. The molecule has 0 radical (unpaired) electrons. The molecule has 4 N–H and O–H groups in total. The molecule has 1 amide bonds. The normalized spacial score (nSPS) is 11.5. The van der Waals surface area contributed by atoms with Crippen LogP contribution in [0.25, 0.3) is 11.0 Å². The molecule has 0 fully saturated rings. The van der Waals surface area contributed by atoms with E-state index in [4.69, 9.17) is 14.6 Å². The van der Waals surface area contributed by atoms with Crippen LogP contribution in [0, 0.1) is 0 Å². The predicted octanol–water partition coefficient (Wildman–Crippen LogP) is 2.31. The van der Waals surface area contributed by atoms with Crippen molar-refractivity contribution in [3.8, 4) is 11.8 Å². The number of ether oxygens (including phenoxy) is 2. The molecule has 0 unspecified atom stereocenters. The summed E-state index contributed by atoms with van der Waals surface area (Å²) in [6.07, 6.45) is -0.564. The van der Waals surface area contributed by atoms with E-state index in [9.17, 15) is 19.5 Å². The fourth-order valence-corrected chi connectivity index (χ4v) is 3.15. The van der Waals surface area contributed by atoms with Crippen LogP contribution in [0.15, 0.2) is 42.5 Å². The van der Waals surface area contributed by atoms with Gasteiger partial charge >= 0.3 is 11.9 Å². The number of nitrogens with zero attached hydrogens (tertiary/aromatic N) is 2. The number of anilines is 1. The van der Waals surface area contributed by atoms with Gasteiger partial charge in [0, 0.05) is 24.2 Å². The standard InChI is InChI=1S/C23H24N4O7/c1-33-21-22(34-2)27-18-11-13(3-8-16(18)26-21)12-24-15-6-4-14(5-7-15)20(30)25-17(23(31)32)9-10-19(28)29/h3-8,11,17,24H,9-10,12H2,1-2H3,(H,25,30)(H,28,29)(H,31,32)/t17-/m0/s1. The molecular formula is C23H24N4O7. The van der Waals surface area contributed by atoms with Crippen molar-refractivity contribution >= 4 is 34.6 Å². The molecule has 1 atom stereocenters. The number of hydrogen-bond acceptors (Lipinski definition) is 8. The molecule has 1 heterocycles. The number of rotatable bonds is 11. The van der Waals surface area contributed by atoms with Gasteiger partial charge in [-0.25, -0.2) is 14.8 Å². The summed E-state index contributed by atoms with van der Waals surface area (Å²) in [7, 11) is 2.99. The molecule has 0 spiro atoms. The number of hydrogen-bond donors (Lipinski definition) is 4. The summed E-state index contributed by atoms with van der Waals surface area (Å²) in [4.78, 5) is 43.1. The van der Waals surface area contributed by atoms with E-state index in [0.717, 1.165) is 11.3 Å². The Balaban J connectivity index is 1.63. The van der Waals surface area contributed by atoms with E-state index in [1.165, 1.54) is 14.2 Å². The molecule has 2 aromatic carbocycles. The third-order valence-corrected chi connectivity index (χ3v) is 4.95. The van der Waals surface area contributed by atoms with Gasteiger partial charge in [0.15, 0.2) is 0 Å². The Bertz CT molecular complexity index is 1200. The van der Waals surface area contributed by atoms with Gasteiger partial charge in [0.05, 0.1) is 25.3 Å². The van der Waals surface area contributed by atoms with Crippen molar-refractivity contribution < 1.29 is 34.1 Å². The summed E-state index contributed by atoms with van der Waals surface area (Å²) in [5.41, 5.74) is 3.27. The number of benzene rings is 2. The van der Waals surface area contributed by atoms with Crippen molar-refractivity contribution in [2.75, 3.05) is 19.5 Å². The van der Waals surface area contributed by atoms with Crippen molar-refractivity contribution in [3.63, 3.8) is 0 Å². The van der Waals surface area contributed by atoms with E-state index in [1.54, 1.807) is 24.3 Å². The molecule has 0 aliphatic heterocycles. The summed E-state index contributed by atoms with van der Waals surface area (Å²) in [6.45, 7) is 0.480. The van der Waals surface area contributed by atoms with E-state index in [2.05, 4.69) is 20.6 Å². The molecule has 3 rings (SSSR count). The van der Waals surface area contributed by atoms with E-state index in [-0.39, 0.29) is 18.4 Å². The van der Waals surface area contributed by atoms with E-state index in [1.807, 2.05) is 18.2 Å². The van der Waals surface area contributed by atoms with Crippen LogP contribution in [0.2, 0.25) is 0 Å². The number of carboxylic acid groups (broad SMARTS) is 2. The fourth-order valence-electron chi connectivity index (χ4n) is 3.15. The molecule has 34 heavy (non-hydrogen) atoms. The number of aliphatic carboxylic acids is 2. The summed E-state index contributed by atoms with van der Waals surface area (Å²) in [5, 5.41) is 23.5. The Labute approximate surface area is 194 Å². The minimum Gasteiger partial charge on any atom is -0.481 e. The van der Waals surface area contributed by atoms with E-state index in [0.29, 0.717) is 29.3 Å². The minimum absolute atomic E-state index is 0.204. The summed E-state index contributed by atoms with van der Waals surface area (Å²) < 4.78 is 10.4. The second kappa shape index (κ2) is 10.9. The lowest BCUT2D eigenvalue weighted by Crippen LogP contribution is -2.41. The van der Waals surface area contributed by atoms with Crippen LogP contribution in [-0.2, 0) is 16.1 Å². The molecule has 0 bridgehead atoms. The maximum atomic E-state index is 12.3. The highest BCUT2D eigenvalue weighted by Crippen LogP contribution is 2.25. The minimum atomic E-state index is -1.29. The van der Waals surface area contributed by atoms with Crippen molar-refractivity contribution in [1.82, 2.24) is 15.3 Å². The van der Waals surface area contributed by atoms with Crippen LogP contribution in [-0.4, -0.2) is 58.3 Å². The molecule has 0 aliphatic rings. The molecule has 178 valence electrons. The van der Waals surface area contributed by atoms with Gasteiger partial charge in [-0.15, -0.1) is 0 Å². The maximum absolute atomic E-state index is 12.3. The predicted molar refractivity (Wildman–Crippen MR) is 122 cm³/mol. The zero-order valence-corrected chi connectivity index (χ0v) is 18.6. The topological polar surface area (TPSA) is 160 Å². The molecule has 11 nitrogen and oxygen atoms in total. The van der Waals surface area contributed by atoms with Gasteiger partial charge in [0.1, 0.15) is 6.04 Å². The number of carboxylic acids is 2. The van der Waals surface area contributed by atoms with Gasteiger partial charge in [0.25, 0.3) is 17.7 Å². The Hall–Kier alpha value is -4.41. The fraction of sp³-hybridized carbons (Fsp3) is 0.261. The Morgan fingerprint density at radius 1 is 0.941 bits per heavy atom. The maximum Gasteiger partial charge on any atom is 0.326 e. The van der Waals surface area contributed by atoms with Crippen LogP contribution >= 0.6 is 0 Å². The first-order valence-corrected chi connectivity index (χ1v) is 10.3. The number of carbonyl (C=O) groups excluding carboxylic acids is 1. The molecule has 1 aromatic heterocycles. The molecule has 0 saturated heterocycles. The second-order valence-corrected chi connectivity index (χ2v) is 7.29. The number of methoxy groups -OCH3 is 2. The Kier molecular flexibility index (Phi) is 7.80. The highest BCUT2D eigenvalue weighted by molar-refractivity contribution is 5.97. The van der Waals surface area contributed by atoms with Crippen molar-refractivity contribution in [2.45, 2.75) is 25.4 Å². The van der Waals surface area contributed by atoms with Gasteiger partial charge < -0.3 is 30.3 Å². The van der Waals surface area contributed by atoms with E-state index >= 15 is 0 Å². The first-order chi connectivity index (χ1) is 16.3. The number of carbonyl (C=O) groups is 3. The van der Waals surface area contributed by atoms with Crippen LogP contribution in [0.1, 0.15) is 28.8 Å². The second-order valence-electron chi connectivity index (χ2n) is 7.29. The lowest BCUT2D eigenvalue weighted by atomic mass is 10.1. The summed E-state index contributed by atoms with van der Waals surface area (Å²) in [5.74, 6) is -2.41. The highest BCUT2D eigenvalue weighted by Gasteiger charge is 2.21. The highest BCUT2D eigenvalue weighted by atomic mass is 16.5. The Morgan fingerprint density at radius 2 is 1.59 bits per heavy atom. The quantitative estimate of drug-likeness (QED) is 0.329. The third kappa shape index (κ3) is 6.09. The summed E-state index contributed by atoms with van der Waals surface area (Å²) >= 11 is 0. The largest absolute Gasteiger partial charge is 0.481 e. The van der Waals surface area contributed by atoms with Gasteiger partial charge in [-0.1, -0.05) is 6.07 Å². The number of fused-ring (bicyclic) bond motifs is 1. The average Bonchev–Trinajstić information content (AvgIpc) is 2.84. The van der Waals surface area contributed by atoms with Gasteiger partial charge in [0.2, 0.25) is 0 Å². The number of amides is 1. The van der Waals surface area contributed by atoms with Crippen molar-refractivity contribution in [2.24, 2.45) is 0 Å².